The number of hydrogen-bond acceptors (Lipinski definition) is 2. The van der Waals surface area contributed by atoms with E-state index in [0.717, 1.165) is 16.8 Å². The van der Waals surface area contributed by atoms with Crippen LogP contribution in [0.4, 0.5) is 4.39 Å². The largest absolute Gasteiger partial charge is 0.348 e. The number of rotatable bonds is 6. The van der Waals surface area contributed by atoms with E-state index < -0.39 is 0 Å². The Kier molecular flexibility index (Phi) is 5.46. The molecule has 0 spiro atoms. The Morgan fingerprint density at radius 2 is 1.92 bits per heavy atom. The summed E-state index contributed by atoms with van der Waals surface area (Å²) < 4.78 is 15.5. The summed E-state index contributed by atoms with van der Waals surface area (Å²) in [7, 11) is 0. The molecule has 1 amide bonds. The molecule has 0 aliphatic heterocycles. The Balaban J connectivity index is 1.72. The summed E-state index contributed by atoms with van der Waals surface area (Å²) in [4.78, 5) is 12.6. The predicted octanol–water partition coefficient (Wildman–Crippen LogP) is 3.87. The van der Waals surface area contributed by atoms with E-state index in [9.17, 15) is 9.18 Å². The van der Waals surface area contributed by atoms with Crippen LogP contribution in [0.2, 0.25) is 0 Å². The number of nitrogens with one attached hydrogen (secondary N) is 1. The van der Waals surface area contributed by atoms with E-state index in [4.69, 9.17) is 0 Å². The van der Waals surface area contributed by atoms with Gasteiger partial charge in [0.1, 0.15) is 5.82 Å². The van der Waals surface area contributed by atoms with E-state index in [2.05, 4.69) is 10.4 Å². The third kappa shape index (κ3) is 3.99. The van der Waals surface area contributed by atoms with E-state index in [1.54, 1.807) is 19.2 Å². The van der Waals surface area contributed by atoms with Crippen molar-refractivity contribution >= 4 is 5.91 Å². The minimum Gasteiger partial charge on any atom is -0.348 e. The van der Waals surface area contributed by atoms with Crippen LogP contribution in [0.1, 0.15) is 39.7 Å². The molecule has 0 radical (unpaired) electrons. The highest BCUT2D eigenvalue weighted by Gasteiger charge is 2.16. The van der Waals surface area contributed by atoms with Gasteiger partial charge in [-0.15, -0.1) is 0 Å². The topological polar surface area (TPSA) is 46.9 Å². The second-order valence-corrected chi connectivity index (χ2v) is 6.27. The molecule has 3 aromatic rings. The Morgan fingerprint density at radius 3 is 2.62 bits per heavy atom. The fourth-order valence-electron chi connectivity index (χ4n) is 2.89. The first kappa shape index (κ1) is 17.9. The summed E-state index contributed by atoms with van der Waals surface area (Å²) in [5.41, 5.74) is 3.91. The molecule has 134 valence electrons. The van der Waals surface area contributed by atoms with Crippen LogP contribution in [0.25, 0.3) is 0 Å². The molecule has 0 unspecified atom stereocenters. The van der Waals surface area contributed by atoms with Crippen LogP contribution < -0.4 is 5.32 Å². The summed E-state index contributed by atoms with van der Waals surface area (Å²) in [6.45, 7) is 4.63. The molecular weight excluding hydrogens is 329 g/mol. The molecule has 0 bridgehead atoms. The van der Waals surface area contributed by atoms with E-state index in [1.807, 2.05) is 48.0 Å². The van der Waals surface area contributed by atoms with E-state index in [-0.39, 0.29) is 18.3 Å². The zero-order chi connectivity index (χ0) is 18.5. The van der Waals surface area contributed by atoms with Gasteiger partial charge in [0.25, 0.3) is 5.91 Å². The first-order valence-corrected chi connectivity index (χ1v) is 8.70. The second kappa shape index (κ2) is 7.95. The third-order valence-electron chi connectivity index (χ3n) is 4.39. The number of hydrogen-bond donors (Lipinski definition) is 1. The zero-order valence-electron chi connectivity index (χ0n) is 15.0. The van der Waals surface area contributed by atoms with Crippen LogP contribution in [-0.2, 0) is 19.5 Å². The Bertz CT molecular complexity index is 903. The van der Waals surface area contributed by atoms with Crippen molar-refractivity contribution in [3.8, 4) is 0 Å². The molecule has 0 fully saturated rings. The van der Waals surface area contributed by atoms with Gasteiger partial charge in [-0.1, -0.05) is 49.4 Å². The van der Waals surface area contributed by atoms with Crippen LogP contribution in [-0.4, -0.2) is 15.7 Å². The van der Waals surface area contributed by atoms with Crippen LogP contribution in [0.5, 0.6) is 0 Å². The van der Waals surface area contributed by atoms with Gasteiger partial charge in [-0.25, -0.2) is 4.39 Å². The number of benzene rings is 2. The monoisotopic (exact) mass is 351 g/mol. The Labute approximate surface area is 152 Å². The molecule has 0 aliphatic carbocycles. The summed E-state index contributed by atoms with van der Waals surface area (Å²) in [6.07, 6.45) is 2.31. The lowest BCUT2D eigenvalue weighted by Gasteiger charge is -2.09. The molecule has 0 atom stereocenters. The van der Waals surface area contributed by atoms with E-state index >= 15 is 0 Å². The second-order valence-electron chi connectivity index (χ2n) is 6.27. The SMILES string of the molecule is CCc1c(C(=O)NCc2ccc(C)c(F)c2)cnn1Cc1ccccc1. The molecule has 1 N–H and O–H groups in total. The molecule has 0 saturated carbocycles. The van der Waals surface area contributed by atoms with Gasteiger partial charge < -0.3 is 5.32 Å². The number of aryl methyl sites for hydroxylation is 1. The van der Waals surface area contributed by atoms with Crippen molar-refractivity contribution in [2.75, 3.05) is 0 Å². The molecule has 0 saturated heterocycles. The lowest BCUT2D eigenvalue weighted by Crippen LogP contribution is -2.24. The maximum Gasteiger partial charge on any atom is 0.255 e. The zero-order valence-corrected chi connectivity index (χ0v) is 15.0. The maximum atomic E-state index is 13.6. The molecule has 1 heterocycles. The number of carbonyl (C=O) groups is 1. The Hall–Kier alpha value is -2.95. The smallest absolute Gasteiger partial charge is 0.255 e. The lowest BCUT2D eigenvalue weighted by atomic mass is 10.1. The number of aromatic nitrogens is 2. The predicted molar refractivity (Wildman–Crippen MR) is 99.5 cm³/mol. The number of amides is 1. The molecule has 5 heteroatoms. The van der Waals surface area contributed by atoms with Crippen LogP contribution >= 0.6 is 0 Å². The van der Waals surface area contributed by atoms with E-state index in [1.165, 1.54) is 6.07 Å². The van der Waals surface area contributed by atoms with Gasteiger partial charge in [0.05, 0.1) is 24.0 Å². The van der Waals surface area contributed by atoms with Crippen molar-refractivity contribution in [3.63, 3.8) is 0 Å². The quantitative estimate of drug-likeness (QED) is 0.733. The summed E-state index contributed by atoms with van der Waals surface area (Å²) in [5.74, 6) is -0.455. The molecular formula is C21H22FN3O. The molecule has 0 aliphatic rings. The normalized spacial score (nSPS) is 10.7. The Morgan fingerprint density at radius 1 is 1.15 bits per heavy atom. The van der Waals surface area contributed by atoms with Crippen LogP contribution in [0, 0.1) is 12.7 Å². The van der Waals surface area contributed by atoms with Crippen molar-refractivity contribution in [1.82, 2.24) is 15.1 Å². The van der Waals surface area contributed by atoms with Crippen molar-refractivity contribution < 1.29 is 9.18 Å². The van der Waals surface area contributed by atoms with Crippen molar-refractivity contribution in [1.29, 1.82) is 0 Å². The average Bonchev–Trinajstić information content (AvgIpc) is 3.06. The number of halogens is 1. The van der Waals surface area contributed by atoms with E-state index in [0.29, 0.717) is 24.1 Å². The summed E-state index contributed by atoms with van der Waals surface area (Å²) in [5, 5.41) is 7.23. The van der Waals surface area contributed by atoms with Gasteiger partial charge in [-0.2, -0.15) is 5.10 Å². The fourth-order valence-corrected chi connectivity index (χ4v) is 2.89. The first-order chi connectivity index (χ1) is 12.6. The highest BCUT2D eigenvalue weighted by molar-refractivity contribution is 5.95. The van der Waals surface area contributed by atoms with Gasteiger partial charge in [-0.3, -0.25) is 9.48 Å². The fraction of sp³-hybridized carbons (Fsp3) is 0.238. The van der Waals surface area contributed by atoms with Gasteiger partial charge in [0, 0.05) is 6.54 Å². The van der Waals surface area contributed by atoms with Crippen LogP contribution in [0.3, 0.4) is 0 Å². The molecule has 4 nitrogen and oxygen atoms in total. The number of nitrogens with zero attached hydrogens (tertiary/aromatic N) is 2. The van der Waals surface area contributed by atoms with Gasteiger partial charge in [-0.05, 0) is 36.1 Å². The van der Waals surface area contributed by atoms with Crippen molar-refractivity contribution in [3.05, 3.63) is 88.5 Å². The minimum atomic E-state index is -0.262. The van der Waals surface area contributed by atoms with Gasteiger partial charge in [0.15, 0.2) is 0 Å². The van der Waals surface area contributed by atoms with Crippen molar-refractivity contribution in [2.45, 2.75) is 33.4 Å². The summed E-state index contributed by atoms with van der Waals surface area (Å²) >= 11 is 0. The number of carbonyl (C=O) groups excluding carboxylic acids is 1. The van der Waals surface area contributed by atoms with Crippen LogP contribution in [0.15, 0.2) is 54.7 Å². The lowest BCUT2D eigenvalue weighted by molar-refractivity contribution is 0.0949. The van der Waals surface area contributed by atoms with Gasteiger partial charge in [0.2, 0.25) is 0 Å². The average molecular weight is 351 g/mol. The van der Waals surface area contributed by atoms with Crippen molar-refractivity contribution in [2.24, 2.45) is 0 Å². The highest BCUT2D eigenvalue weighted by atomic mass is 19.1. The minimum absolute atomic E-state index is 0.192. The third-order valence-corrected chi connectivity index (χ3v) is 4.39. The maximum absolute atomic E-state index is 13.6. The standard InChI is InChI=1S/C21H22FN3O/c1-3-20-18(13-24-25(20)14-16-7-5-4-6-8-16)21(26)23-12-17-10-9-15(2)19(22)11-17/h4-11,13H,3,12,14H2,1-2H3,(H,23,26). The summed E-state index contributed by atoms with van der Waals surface area (Å²) in [6, 6.07) is 15.0. The first-order valence-electron chi connectivity index (χ1n) is 8.70. The van der Waals surface area contributed by atoms with Gasteiger partial charge >= 0.3 is 0 Å². The molecule has 26 heavy (non-hydrogen) atoms. The molecule has 2 aromatic carbocycles. The highest BCUT2D eigenvalue weighted by Crippen LogP contribution is 2.13. The molecule has 3 rings (SSSR count). The molecule has 1 aromatic heterocycles.